The van der Waals surface area contributed by atoms with Gasteiger partial charge in [0.25, 0.3) is 0 Å². The van der Waals surface area contributed by atoms with Crippen molar-refractivity contribution in [1.29, 1.82) is 0 Å². The van der Waals surface area contributed by atoms with E-state index in [1.165, 1.54) is 32.1 Å². The Morgan fingerprint density at radius 2 is 1.82 bits per heavy atom. The lowest BCUT2D eigenvalue weighted by atomic mass is 9.87. The summed E-state index contributed by atoms with van der Waals surface area (Å²) in [6.07, 6.45) is 8.48. The zero-order valence-corrected chi connectivity index (χ0v) is 14.2. The molecular weight excluding hydrogens is 276 g/mol. The molecule has 5 heteroatoms. The van der Waals surface area contributed by atoms with Gasteiger partial charge in [-0.3, -0.25) is 4.79 Å². The van der Waals surface area contributed by atoms with E-state index in [0.29, 0.717) is 6.04 Å². The summed E-state index contributed by atoms with van der Waals surface area (Å²) in [5, 5.41) is 6.77. The quantitative estimate of drug-likeness (QED) is 0.618. The minimum absolute atomic E-state index is 0.161. The Morgan fingerprint density at radius 1 is 1.14 bits per heavy atom. The van der Waals surface area contributed by atoms with Gasteiger partial charge in [0.1, 0.15) is 6.54 Å². The van der Waals surface area contributed by atoms with Crippen molar-refractivity contribution in [2.75, 3.05) is 26.2 Å². The van der Waals surface area contributed by atoms with Crippen LogP contribution in [0.3, 0.4) is 0 Å². The molecule has 2 rings (SSSR count). The Balaban J connectivity index is 1.82. The maximum Gasteiger partial charge on any atom is 0.244 e. The van der Waals surface area contributed by atoms with Crippen LogP contribution in [0.15, 0.2) is 4.99 Å². The first kappa shape index (κ1) is 17.1. The van der Waals surface area contributed by atoms with Gasteiger partial charge in [-0.25, -0.2) is 4.99 Å². The topological polar surface area (TPSA) is 56.7 Å². The average molecular weight is 308 g/mol. The second-order valence-corrected chi connectivity index (χ2v) is 6.74. The minimum atomic E-state index is 0.161. The van der Waals surface area contributed by atoms with Gasteiger partial charge in [0.05, 0.1) is 0 Å². The fourth-order valence-corrected chi connectivity index (χ4v) is 3.31. The SMILES string of the molecule is CCNC(=NCC(=O)N1CCCCC1)NC1CCC(C)CC1. The number of aliphatic imine (C=N–C) groups is 1. The molecule has 5 nitrogen and oxygen atoms in total. The van der Waals surface area contributed by atoms with Crippen molar-refractivity contribution in [3.63, 3.8) is 0 Å². The zero-order valence-electron chi connectivity index (χ0n) is 14.2. The van der Waals surface area contributed by atoms with E-state index in [4.69, 9.17) is 0 Å². The van der Waals surface area contributed by atoms with E-state index in [1.54, 1.807) is 0 Å². The molecule has 0 atom stereocenters. The number of piperidine rings is 1. The van der Waals surface area contributed by atoms with E-state index >= 15 is 0 Å². The number of amides is 1. The third-order valence-corrected chi connectivity index (χ3v) is 4.78. The van der Waals surface area contributed by atoms with E-state index in [0.717, 1.165) is 44.4 Å². The number of rotatable bonds is 4. The normalized spacial score (nSPS) is 26.6. The number of nitrogens with zero attached hydrogens (tertiary/aromatic N) is 2. The summed E-state index contributed by atoms with van der Waals surface area (Å²) >= 11 is 0. The predicted octanol–water partition coefficient (Wildman–Crippen LogP) is 2.13. The Bertz CT molecular complexity index is 369. The first-order valence-corrected chi connectivity index (χ1v) is 9.01. The summed E-state index contributed by atoms with van der Waals surface area (Å²) < 4.78 is 0. The molecule has 22 heavy (non-hydrogen) atoms. The van der Waals surface area contributed by atoms with Crippen molar-refractivity contribution in [2.24, 2.45) is 10.9 Å². The van der Waals surface area contributed by atoms with Crippen molar-refractivity contribution in [1.82, 2.24) is 15.5 Å². The van der Waals surface area contributed by atoms with E-state index in [9.17, 15) is 4.79 Å². The second kappa shape index (κ2) is 9.01. The highest BCUT2D eigenvalue weighted by Crippen LogP contribution is 2.23. The zero-order chi connectivity index (χ0) is 15.8. The Morgan fingerprint density at radius 3 is 2.45 bits per heavy atom. The van der Waals surface area contributed by atoms with Gasteiger partial charge in [0.15, 0.2) is 5.96 Å². The van der Waals surface area contributed by atoms with Crippen LogP contribution >= 0.6 is 0 Å². The van der Waals surface area contributed by atoms with Gasteiger partial charge in [-0.15, -0.1) is 0 Å². The number of nitrogens with one attached hydrogen (secondary N) is 2. The highest BCUT2D eigenvalue weighted by atomic mass is 16.2. The highest BCUT2D eigenvalue weighted by Gasteiger charge is 2.20. The number of guanidine groups is 1. The summed E-state index contributed by atoms with van der Waals surface area (Å²) in [5.41, 5.74) is 0. The van der Waals surface area contributed by atoms with Gasteiger partial charge in [-0.2, -0.15) is 0 Å². The number of carbonyl (C=O) groups excluding carboxylic acids is 1. The first-order chi connectivity index (χ1) is 10.7. The lowest BCUT2D eigenvalue weighted by molar-refractivity contribution is -0.130. The molecule has 1 amide bonds. The molecule has 0 radical (unpaired) electrons. The summed E-state index contributed by atoms with van der Waals surface area (Å²) in [5.74, 6) is 1.81. The maximum absolute atomic E-state index is 12.2. The van der Waals surface area contributed by atoms with E-state index in [-0.39, 0.29) is 12.5 Å². The molecule has 0 spiro atoms. The molecule has 1 heterocycles. The minimum Gasteiger partial charge on any atom is -0.357 e. The van der Waals surface area contributed by atoms with Crippen molar-refractivity contribution >= 4 is 11.9 Å². The van der Waals surface area contributed by atoms with Crippen molar-refractivity contribution in [2.45, 2.75) is 64.8 Å². The van der Waals surface area contributed by atoms with Crippen LogP contribution < -0.4 is 10.6 Å². The monoisotopic (exact) mass is 308 g/mol. The molecule has 0 aromatic heterocycles. The number of hydrogen-bond acceptors (Lipinski definition) is 2. The van der Waals surface area contributed by atoms with Crippen LogP contribution in [-0.2, 0) is 4.79 Å². The third kappa shape index (κ3) is 5.50. The molecule has 1 saturated heterocycles. The predicted molar refractivity (Wildman–Crippen MR) is 91.0 cm³/mol. The number of likely N-dealkylation sites (tertiary alicyclic amines) is 1. The molecule has 1 aliphatic heterocycles. The molecular formula is C17H32N4O. The van der Waals surface area contributed by atoms with Gasteiger partial charge < -0.3 is 15.5 Å². The Hall–Kier alpha value is -1.26. The molecule has 2 N–H and O–H groups in total. The van der Waals surface area contributed by atoms with Gasteiger partial charge in [-0.05, 0) is 57.8 Å². The fraction of sp³-hybridized carbons (Fsp3) is 0.882. The van der Waals surface area contributed by atoms with Gasteiger partial charge >= 0.3 is 0 Å². The smallest absolute Gasteiger partial charge is 0.244 e. The van der Waals surface area contributed by atoms with Crippen molar-refractivity contribution in [3.05, 3.63) is 0 Å². The van der Waals surface area contributed by atoms with Crippen molar-refractivity contribution in [3.8, 4) is 0 Å². The van der Waals surface area contributed by atoms with E-state index < -0.39 is 0 Å². The van der Waals surface area contributed by atoms with Crippen LogP contribution in [0.25, 0.3) is 0 Å². The molecule has 0 bridgehead atoms. The second-order valence-electron chi connectivity index (χ2n) is 6.74. The lowest BCUT2D eigenvalue weighted by Crippen LogP contribution is -2.45. The lowest BCUT2D eigenvalue weighted by Gasteiger charge is -2.28. The van der Waals surface area contributed by atoms with Crippen LogP contribution in [0.2, 0.25) is 0 Å². The summed E-state index contributed by atoms with van der Waals surface area (Å²) in [4.78, 5) is 18.7. The molecule has 2 fully saturated rings. The standard InChI is InChI=1S/C17H32N4O/c1-3-18-17(20-15-9-7-14(2)8-10-15)19-13-16(22)21-11-5-4-6-12-21/h14-15H,3-13H2,1-2H3,(H2,18,19,20). The molecule has 0 aromatic carbocycles. The van der Waals surface area contributed by atoms with Gasteiger partial charge in [-0.1, -0.05) is 6.92 Å². The Labute approximate surface area is 134 Å². The van der Waals surface area contributed by atoms with E-state index in [2.05, 4.69) is 29.5 Å². The van der Waals surface area contributed by atoms with Crippen molar-refractivity contribution < 1.29 is 4.79 Å². The van der Waals surface area contributed by atoms with Crippen LogP contribution in [0.1, 0.15) is 58.8 Å². The summed E-state index contributed by atoms with van der Waals surface area (Å²) in [7, 11) is 0. The average Bonchev–Trinajstić information content (AvgIpc) is 2.55. The van der Waals surface area contributed by atoms with Gasteiger partial charge in [0, 0.05) is 25.7 Å². The van der Waals surface area contributed by atoms with Gasteiger partial charge in [0.2, 0.25) is 5.91 Å². The fourth-order valence-electron chi connectivity index (χ4n) is 3.31. The molecule has 126 valence electrons. The molecule has 1 aliphatic carbocycles. The van der Waals surface area contributed by atoms with Crippen LogP contribution in [-0.4, -0.2) is 49.0 Å². The van der Waals surface area contributed by atoms with Crippen LogP contribution in [0.5, 0.6) is 0 Å². The molecule has 2 aliphatic rings. The largest absolute Gasteiger partial charge is 0.357 e. The molecule has 0 unspecified atom stereocenters. The van der Waals surface area contributed by atoms with E-state index in [1.807, 2.05) is 4.90 Å². The maximum atomic E-state index is 12.2. The summed E-state index contributed by atoms with van der Waals surface area (Å²) in [6, 6.07) is 0.499. The highest BCUT2D eigenvalue weighted by molar-refractivity contribution is 5.85. The third-order valence-electron chi connectivity index (χ3n) is 4.78. The molecule has 1 saturated carbocycles. The summed E-state index contributed by atoms with van der Waals surface area (Å²) in [6.45, 7) is 7.28. The van der Waals surface area contributed by atoms with Crippen LogP contribution in [0.4, 0.5) is 0 Å². The Kier molecular flexibility index (Phi) is 7.00. The molecule has 0 aromatic rings. The first-order valence-electron chi connectivity index (χ1n) is 9.01. The van der Waals surface area contributed by atoms with Crippen LogP contribution in [0, 0.1) is 5.92 Å². The number of carbonyl (C=O) groups is 1. The number of hydrogen-bond donors (Lipinski definition) is 2.